The Morgan fingerprint density at radius 3 is 1.78 bits per heavy atom. The van der Waals surface area contributed by atoms with Crippen LogP contribution in [-0.4, -0.2) is 82.5 Å². The quantitative estimate of drug-likeness (QED) is 0.0480. The predicted octanol–water partition coefficient (Wildman–Crippen LogP) is -3.31. The van der Waals surface area contributed by atoms with Gasteiger partial charge in [-0.05, 0) is 31.6 Å². The second kappa shape index (κ2) is 16.7. The zero-order valence-electron chi connectivity index (χ0n) is 20.9. The fourth-order valence-electron chi connectivity index (χ4n) is 3.14. The molecule has 0 aromatic carbocycles. The Balaban J connectivity index is 5.72. The smallest absolute Gasteiger partial charge is 0.326 e. The normalized spacial score (nSPS) is 13.9. The van der Waals surface area contributed by atoms with Crippen LogP contribution in [0, 0.1) is 5.92 Å². The number of rotatable bonds is 18. The molecule has 13 N–H and O–H groups in total. The summed E-state index contributed by atoms with van der Waals surface area (Å²) in [6, 6.07) is -5.34. The van der Waals surface area contributed by atoms with Crippen molar-refractivity contribution in [2.75, 3.05) is 6.54 Å². The van der Waals surface area contributed by atoms with E-state index in [0.29, 0.717) is 6.42 Å². The minimum atomic E-state index is -1.76. The zero-order chi connectivity index (χ0) is 28.7. The lowest BCUT2D eigenvalue weighted by atomic mass is 10.0. The number of carboxylic acids is 2. The van der Waals surface area contributed by atoms with E-state index in [-0.39, 0.29) is 44.1 Å². The Hall–Kier alpha value is -3.95. The number of nitrogens with two attached hydrogens (primary N) is 4. The van der Waals surface area contributed by atoms with Crippen molar-refractivity contribution in [3.8, 4) is 0 Å². The average molecular weight is 531 g/mol. The number of amides is 4. The number of hydrogen-bond acceptors (Lipinski definition) is 8. The van der Waals surface area contributed by atoms with Gasteiger partial charge < -0.3 is 49.1 Å². The maximum absolute atomic E-state index is 13.0. The molecule has 0 rings (SSSR count). The van der Waals surface area contributed by atoms with Crippen molar-refractivity contribution < 1.29 is 39.0 Å². The van der Waals surface area contributed by atoms with Crippen LogP contribution < -0.4 is 38.9 Å². The van der Waals surface area contributed by atoms with Crippen molar-refractivity contribution >= 4 is 41.5 Å². The van der Waals surface area contributed by atoms with Gasteiger partial charge in [-0.25, -0.2) is 4.79 Å². The van der Waals surface area contributed by atoms with Crippen molar-refractivity contribution in [1.29, 1.82) is 0 Å². The lowest BCUT2D eigenvalue weighted by molar-refractivity contribution is -0.147. The molecule has 0 aliphatic rings. The number of nitrogens with one attached hydrogen (secondary N) is 3. The van der Waals surface area contributed by atoms with Gasteiger partial charge in [-0.15, -0.1) is 0 Å². The monoisotopic (exact) mass is 530 g/mol. The zero-order valence-corrected chi connectivity index (χ0v) is 20.9. The molecule has 0 saturated carbocycles. The third-order valence-electron chi connectivity index (χ3n) is 4.95. The van der Waals surface area contributed by atoms with Gasteiger partial charge in [0.15, 0.2) is 5.96 Å². The van der Waals surface area contributed by atoms with Crippen LogP contribution in [0.2, 0.25) is 0 Å². The summed E-state index contributed by atoms with van der Waals surface area (Å²) in [4.78, 5) is 75.6. The van der Waals surface area contributed by atoms with Gasteiger partial charge in [-0.3, -0.25) is 29.0 Å². The maximum Gasteiger partial charge on any atom is 0.326 e. The minimum Gasteiger partial charge on any atom is -0.481 e. The summed E-state index contributed by atoms with van der Waals surface area (Å²) in [6.07, 6.45) is -0.937. The number of carboxylic acid groups (broad SMARTS) is 2. The molecule has 0 saturated heterocycles. The Morgan fingerprint density at radius 2 is 1.32 bits per heavy atom. The van der Waals surface area contributed by atoms with E-state index < -0.39 is 66.2 Å². The van der Waals surface area contributed by atoms with E-state index in [0.717, 1.165) is 0 Å². The molecule has 0 aromatic rings. The van der Waals surface area contributed by atoms with Crippen molar-refractivity contribution in [3.63, 3.8) is 0 Å². The fraction of sp³-hybridized carbons (Fsp3) is 0.667. The highest BCUT2D eigenvalue weighted by atomic mass is 16.4. The highest BCUT2D eigenvalue weighted by Gasteiger charge is 2.31. The van der Waals surface area contributed by atoms with E-state index in [9.17, 15) is 33.9 Å². The number of carbonyl (C=O) groups is 6. The molecule has 0 bridgehead atoms. The largest absolute Gasteiger partial charge is 0.481 e. The molecular weight excluding hydrogens is 492 g/mol. The lowest BCUT2D eigenvalue weighted by Crippen LogP contribution is -2.57. The molecule has 0 aliphatic carbocycles. The molecule has 210 valence electrons. The summed E-state index contributed by atoms with van der Waals surface area (Å²) < 4.78 is 0. The molecule has 0 aromatic heterocycles. The molecule has 0 fully saturated rings. The number of carbonyl (C=O) groups excluding carboxylic acids is 4. The van der Waals surface area contributed by atoms with Gasteiger partial charge in [0.1, 0.15) is 18.1 Å². The second-order valence-electron chi connectivity index (χ2n) is 8.81. The third kappa shape index (κ3) is 14.9. The van der Waals surface area contributed by atoms with Crippen LogP contribution in [0.1, 0.15) is 52.4 Å². The summed E-state index contributed by atoms with van der Waals surface area (Å²) in [5.41, 5.74) is 21.6. The van der Waals surface area contributed by atoms with Crippen LogP contribution in [0.5, 0.6) is 0 Å². The first-order valence-corrected chi connectivity index (χ1v) is 11.6. The van der Waals surface area contributed by atoms with Crippen LogP contribution in [0.25, 0.3) is 0 Å². The van der Waals surface area contributed by atoms with Crippen molar-refractivity contribution in [2.24, 2.45) is 33.8 Å². The number of aliphatic imine (C=N–C) groups is 1. The van der Waals surface area contributed by atoms with Gasteiger partial charge in [0.25, 0.3) is 0 Å². The Kier molecular flexibility index (Phi) is 14.9. The summed E-state index contributed by atoms with van der Waals surface area (Å²) in [5.74, 6) is -6.40. The third-order valence-corrected chi connectivity index (χ3v) is 4.95. The minimum absolute atomic E-state index is 0.0723. The molecule has 4 amide bonds. The Morgan fingerprint density at radius 1 is 0.811 bits per heavy atom. The van der Waals surface area contributed by atoms with Gasteiger partial charge in [0, 0.05) is 13.0 Å². The predicted molar refractivity (Wildman–Crippen MR) is 131 cm³/mol. The number of primary amides is 1. The molecule has 0 aliphatic heterocycles. The first kappa shape index (κ1) is 33.0. The average Bonchev–Trinajstić information content (AvgIpc) is 2.76. The summed E-state index contributed by atoms with van der Waals surface area (Å²) in [7, 11) is 0. The summed E-state index contributed by atoms with van der Waals surface area (Å²) in [5, 5.41) is 25.0. The molecule has 16 heteroatoms. The molecule has 0 spiro atoms. The van der Waals surface area contributed by atoms with E-state index in [1.165, 1.54) is 0 Å². The topological polar surface area (TPSA) is 295 Å². The highest BCUT2D eigenvalue weighted by Crippen LogP contribution is 2.07. The molecule has 37 heavy (non-hydrogen) atoms. The Labute approximate surface area is 214 Å². The van der Waals surface area contributed by atoms with Crippen molar-refractivity contribution in [3.05, 3.63) is 0 Å². The van der Waals surface area contributed by atoms with Crippen LogP contribution in [0.4, 0.5) is 0 Å². The van der Waals surface area contributed by atoms with E-state index >= 15 is 0 Å². The van der Waals surface area contributed by atoms with E-state index in [2.05, 4.69) is 20.9 Å². The SMILES string of the molecule is CC(C)CC(N)C(=O)NC(CCC(N)=O)C(=O)NC(CCCN=C(N)N)C(=O)NC(CC(=O)O)C(=O)O. The summed E-state index contributed by atoms with van der Waals surface area (Å²) in [6.45, 7) is 3.78. The van der Waals surface area contributed by atoms with Crippen molar-refractivity contribution in [2.45, 2.75) is 76.5 Å². The Bertz CT molecular complexity index is 859. The lowest BCUT2D eigenvalue weighted by Gasteiger charge is -2.25. The van der Waals surface area contributed by atoms with Crippen LogP contribution in [0.3, 0.4) is 0 Å². The molecule has 16 nitrogen and oxygen atoms in total. The fourth-order valence-corrected chi connectivity index (χ4v) is 3.14. The molecule has 0 heterocycles. The second-order valence-corrected chi connectivity index (χ2v) is 8.81. The van der Waals surface area contributed by atoms with Gasteiger partial charge in [0.05, 0.1) is 12.5 Å². The van der Waals surface area contributed by atoms with Crippen molar-refractivity contribution in [1.82, 2.24) is 16.0 Å². The number of nitrogens with zero attached hydrogens (tertiary/aromatic N) is 1. The number of guanidine groups is 1. The summed E-state index contributed by atoms with van der Waals surface area (Å²) >= 11 is 0. The van der Waals surface area contributed by atoms with Crippen LogP contribution in [0.15, 0.2) is 4.99 Å². The number of aliphatic carboxylic acids is 2. The molecule has 4 atom stereocenters. The highest BCUT2D eigenvalue weighted by molar-refractivity contribution is 5.94. The molecular formula is C21H38N8O8. The van der Waals surface area contributed by atoms with E-state index in [1.807, 2.05) is 13.8 Å². The first-order chi connectivity index (χ1) is 17.1. The van der Waals surface area contributed by atoms with Gasteiger partial charge in [0.2, 0.25) is 23.6 Å². The standard InChI is InChI=1S/C21H38N8O8/c1-10(2)8-11(22)17(33)27-13(5-6-15(23)30)19(35)28-12(4-3-7-26-21(24)25)18(34)29-14(20(36)37)9-16(31)32/h10-14H,3-9,22H2,1-2H3,(H2,23,30)(H,27,33)(H,28,35)(H,29,34)(H,31,32)(H,36,37)(H4,24,25,26). The van der Waals surface area contributed by atoms with Crippen LogP contribution >= 0.6 is 0 Å². The van der Waals surface area contributed by atoms with Gasteiger partial charge >= 0.3 is 11.9 Å². The van der Waals surface area contributed by atoms with Gasteiger partial charge in [-0.1, -0.05) is 13.8 Å². The van der Waals surface area contributed by atoms with Gasteiger partial charge in [-0.2, -0.15) is 0 Å². The first-order valence-electron chi connectivity index (χ1n) is 11.6. The van der Waals surface area contributed by atoms with E-state index in [1.54, 1.807) is 0 Å². The number of hydrogen-bond donors (Lipinski definition) is 9. The molecule has 4 unspecified atom stereocenters. The molecule has 0 radical (unpaired) electrons. The van der Waals surface area contributed by atoms with E-state index in [4.69, 9.17) is 28.0 Å². The maximum atomic E-state index is 13.0. The van der Waals surface area contributed by atoms with Crippen LogP contribution in [-0.2, 0) is 28.8 Å².